The van der Waals surface area contributed by atoms with Crippen molar-refractivity contribution in [2.24, 2.45) is 5.73 Å². The Hall–Kier alpha value is -2.24. The molecule has 1 heterocycles. The van der Waals surface area contributed by atoms with Crippen molar-refractivity contribution in [2.75, 3.05) is 25.2 Å². The van der Waals surface area contributed by atoms with E-state index in [2.05, 4.69) is 70.2 Å². The van der Waals surface area contributed by atoms with E-state index in [-0.39, 0.29) is 6.04 Å². The van der Waals surface area contributed by atoms with E-state index in [0.29, 0.717) is 13.2 Å². The molecule has 3 aromatic carbocycles. The lowest BCUT2D eigenvalue weighted by Gasteiger charge is -2.27. The highest BCUT2D eigenvalue weighted by atomic mass is 79.9. The maximum atomic E-state index is 6.31. The molecule has 0 saturated carbocycles. The van der Waals surface area contributed by atoms with Gasteiger partial charge in [0.25, 0.3) is 0 Å². The Balaban J connectivity index is 1.83. The zero-order valence-corrected chi connectivity index (χ0v) is 17.1. The molecular formula is C22H23BrN2O2. The van der Waals surface area contributed by atoms with Gasteiger partial charge in [-0.15, -0.1) is 0 Å². The van der Waals surface area contributed by atoms with Gasteiger partial charge >= 0.3 is 0 Å². The molecule has 2 N–H and O–H groups in total. The van der Waals surface area contributed by atoms with Crippen molar-refractivity contribution in [3.05, 3.63) is 64.1 Å². The van der Waals surface area contributed by atoms with Gasteiger partial charge in [-0.25, -0.2) is 0 Å². The smallest absolute Gasteiger partial charge is 0.145 e. The molecular weight excluding hydrogens is 404 g/mol. The van der Waals surface area contributed by atoms with Gasteiger partial charge < -0.3 is 20.1 Å². The Morgan fingerprint density at radius 1 is 1.22 bits per heavy atom. The van der Waals surface area contributed by atoms with Gasteiger partial charge in [0.15, 0.2) is 0 Å². The zero-order chi connectivity index (χ0) is 19.0. The van der Waals surface area contributed by atoms with Crippen LogP contribution in [0.1, 0.15) is 11.1 Å². The quantitative estimate of drug-likeness (QED) is 0.662. The lowest BCUT2D eigenvalue weighted by Crippen LogP contribution is -2.39. The van der Waals surface area contributed by atoms with Crippen molar-refractivity contribution in [2.45, 2.75) is 19.5 Å². The van der Waals surface area contributed by atoms with Gasteiger partial charge in [-0.3, -0.25) is 0 Å². The Labute approximate surface area is 168 Å². The third-order valence-corrected chi connectivity index (χ3v) is 5.54. The number of ether oxygens (including phenoxy) is 2. The second kappa shape index (κ2) is 7.41. The van der Waals surface area contributed by atoms with Gasteiger partial charge in [0.05, 0.1) is 18.8 Å². The minimum Gasteiger partial charge on any atom is -0.496 e. The summed E-state index contributed by atoms with van der Waals surface area (Å²) in [6, 6.07) is 16.7. The molecule has 27 heavy (non-hydrogen) atoms. The molecule has 4 rings (SSSR count). The maximum absolute atomic E-state index is 6.31. The Morgan fingerprint density at radius 2 is 2.07 bits per heavy atom. The number of methoxy groups -OCH3 is 1. The highest BCUT2D eigenvalue weighted by Gasteiger charge is 2.23. The average molecular weight is 427 g/mol. The van der Waals surface area contributed by atoms with Crippen molar-refractivity contribution >= 4 is 32.4 Å². The summed E-state index contributed by atoms with van der Waals surface area (Å²) in [6.45, 7) is 4.03. The topological polar surface area (TPSA) is 47.7 Å². The molecule has 0 fully saturated rings. The van der Waals surface area contributed by atoms with E-state index in [1.807, 2.05) is 6.07 Å². The van der Waals surface area contributed by atoms with Crippen LogP contribution < -0.4 is 20.1 Å². The molecule has 0 spiro atoms. The molecule has 4 nitrogen and oxygen atoms in total. The lowest BCUT2D eigenvalue weighted by atomic mass is 10.0. The third-order valence-electron chi connectivity index (χ3n) is 5.05. The summed E-state index contributed by atoms with van der Waals surface area (Å²) in [5.41, 5.74) is 9.67. The van der Waals surface area contributed by atoms with Gasteiger partial charge in [-0.2, -0.15) is 0 Å². The standard InChI is InChI=1S/C22H23BrN2O2/c1-14-4-3-5-20-22(14)27-13-17(24)11-25(20)12-19-18-8-7-16(23)10-15(18)6-9-21(19)26-2/h3-10,17H,11-13,24H2,1-2H3. The minimum atomic E-state index is -0.0492. The number of nitrogens with two attached hydrogens (primary N) is 1. The number of aryl methyl sites for hydroxylation is 1. The molecule has 140 valence electrons. The van der Waals surface area contributed by atoms with E-state index in [1.165, 1.54) is 10.8 Å². The number of rotatable bonds is 3. The van der Waals surface area contributed by atoms with Crippen molar-refractivity contribution in [3.63, 3.8) is 0 Å². The van der Waals surface area contributed by atoms with Gasteiger partial charge in [0.1, 0.15) is 18.1 Å². The molecule has 3 aromatic rings. The summed E-state index contributed by atoms with van der Waals surface area (Å²) in [4.78, 5) is 2.30. The largest absolute Gasteiger partial charge is 0.496 e. The van der Waals surface area contributed by atoms with Crippen LogP contribution in [0.2, 0.25) is 0 Å². The second-order valence-electron chi connectivity index (χ2n) is 6.99. The van der Waals surface area contributed by atoms with Gasteiger partial charge in [0.2, 0.25) is 0 Å². The van der Waals surface area contributed by atoms with E-state index in [1.54, 1.807) is 7.11 Å². The van der Waals surface area contributed by atoms with Crippen LogP contribution >= 0.6 is 15.9 Å². The highest BCUT2D eigenvalue weighted by molar-refractivity contribution is 9.10. The summed E-state index contributed by atoms with van der Waals surface area (Å²) in [6.07, 6.45) is 0. The van der Waals surface area contributed by atoms with Crippen LogP contribution in [-0.4, -0.2) is 26.3 Å². The number of para-hydroxylation sites is 1. The van der Waals surface area contributed by atoms with Gasteiger partial charge in [-0.05, 0) is 47.5 Å². The first kappa shape index (κ1) is 18.1. The van der Waals surface area contributed by atoms with Crippen LogP contribution in [-0.2, 0) is 6.54 Å². The van der Waals surface area contributed by atoms with E-state index in [9.17, 15) is 0 Å². The van der Waals surface area contributed by atoms with Crippen LogP contribution in [0.4, 0.5) is 5.69 Å². The van der Waals surface area contributed by atoms with Crippen molar-refractivity contribution in [1.82, 2.24) is 0 Å². The molecule has 5 heteroatoms. The number of halogens is 1. The van der Waals surface area contributed by atoms with Crippen LogP contribution in [0.5, 0.6) is 11.5 Å². The van der Waals surface area contributed by atoms with E-state index >= 15 is 0 Å². The molecule has 0 aliphatic carbocycles. The highest BCUT2D eigenvalue weighted by Crippen LogP contribution is 2.37. The van der Waals surface area contributed by atoms with Crippen molar-refractivity contribution in [3.8, 4) is 11.5 Å². The number of fused-ring (bicyclic) bond motifs is 2. The number of hydrogen-bond donors (Lipinski definition) is 1. The van der Waals surface area contributed by atoms with Gasteiger partial charge in [0, 0.05) is 23.1 Å². The number of anilines is 1. The van der Waals surface area contributed by atoms with Crippen molar-refractivity contribution < 1.29 is 9.47 Å². The minimum absolute atomic E-state index is 0.0492. The normalized spacial score (nSPS) is 16.6. The van der Waals surface area contributed by atoms with Crippen LogP contribution in [0.15, 0.2) is 53.0 Å². The third kappa shape index (κ3) is 3.49. The molecule has 0 bridgehead atoms. The van der Waals surface area contributed by atoms with E-state index in [0.717, 1.165) is 39.3 Å². The zero-order valence-electron chi connectivity index (χ0n) is 15.5. The second-order valence-corrected chi connectivity index (χ2v) is 7.90. The van der Waals surface area contributed by atoms with Gasteiger partial charge in [-0.1, -0.05) is 40.2 Å². The monoisotopic (exact) mass is 426 g/mol. The van der Waals surface area contributed by atoms with Crippen LogP contribution in [0.3, 0.4) is 0 Å². The fourth-order valence-electron chi connectivity index (χ4n) is 3.74. The molecule has 0 radical (unpaired) electrons. The first-order chi connectivity index (χ1) is 13.1. The molecule has 0 amide bonds. The van der Waals surface area contributed by atoms with Crippen LogP contribution in [0, 0.1) is 6.92 Å². The van der Waals surface area contributed by atoms with E-state index in [4.69, 9.17) is 15.2 Å². The lowest BCUT2D eigenvalue weighted by molar-refractivity contribution is 0.298. The fraction of sp³-hybridized carbons (Fsp3) is 0.273. The average Bonchev–Trinajstić information content (AvgIpc) is 2.81. The van der Waals surface area contributed by atoms with Crippen molar-refractivity contribution in [1.29, 1.82) is 0 Å². The maximum Gasteiger partial charge on any atom is 0.145 e. The predicted molar refractivity (Wildman–Crippen MR) is 114 cm³/mol. The summed E-state index contributed by atoms with van der Waals surface area (Å²) in [7, 11) is 1.72. The molecule has 1 unspecified atom stereocenters. The summed E-state index contributed by atoms with van der Waals surface area (Å²) in [5.74, 6) is 1.81. The summed E-state index contributed by atoms with van der Waals surface area (Å²) >= 11 is 3.56. The first-order valence-electron chi connectivity index (χ1n) is 9.05. The summed E-state index contributed by atoms with van der Waals surface area (Å²) < 4.78 is 12.8. The number of nitrogens with zero attached hydrogens (tertiary/aromatic N) is 1. The number of benzene rings is 3. The molecule has 1 atom stereocenters. The predicted octanol–water partition coefficient (Wildman–Crippen LogP) is 4.65. The Kier molecular flexibility index (Phi) is 4.98. The summed E-state index contributed by atoms with van der Waals surface area (Å²) in [5, 5.41) is 2.37. The SMILES string of the molecule is COc1ccc2cc(Br)ccc2c1CN1CC(N)COc2c(C)cccc21. The van der Waals surface area contributed by atoms with E-state index < -0.39 is 0 Å². The Morgan fingerprint density at radius 3 is 2.89 bits per heavy atom. The van der Waals surface area contributed by atoms with Crippen LogP contribution in [0.25, 0.3) is 10.8 Å². The molecule has 0 saturated heterocycles. The Bertz CT molecular complexity index is 989. The molecule has 1 aliphatic heterocycles. The molecule has 0 aromatic heterocycles. The molecule has 1 aliphatic rings. The first-order valence-corrected chi connectivity index (χ1v) is 9.84. The number of hydrogen-bond acceptors (Lipinski definition) is 4. The fourth-order valence-corrected chi connectivity index (χ4v) is 4.12.